The van der Waals surface area contributed by atoms with Crippen LogP contribution >= 0.6 is 0 Å². The zero-order chi connectivity index (χ0) is 5.54. The fourth-order valence-electron chi connectivity index (χ4n) is 0.286. The van der Waals surface area contributed by atoms with Gasteiger partial charge in [0.15, 0.2) is 0 Å². The molecule has 1 radical (unpaired) electrons. The van der Waals surface area contributed by atoms with Crippen molar-refractivity contribution in [2.75, 3.05) is 20.2 Å². The average molecular weight is 103 g/mol. The van der Waals surface area contributed by atoms with Gasteiger partial charge in [-0.2, -0.15) is 0 Å². The molecule has 3 nitrogen and oxygen atoms in total. The first-order chi connectivity index (χ1) is 3.41. The molecule has 0 rings (SSSR count). The lowest BCUT2D eigenvalue weighted by molar-refractivity contribution is 0.187. The summed E-state index contributed by atoms with van der Waals surface area (Å²) in [5, 5.41) is 9.74. The lowest BCUT2D eigenvalue weighted by Crippen LogP contribution is -2.28. The normalized spacial score (nSPS) is 9.43. The van der Waals surface area contributed by atoms with Crippen LogP contribution in [0.3, 0.4) is 0 Å². The van der Waals surface area contributed by atoms with Crippen LogP contribution in [0, 0.1) is 0 Å². The van der Waals surface area contributed by atoms with Crippen LogP contribution in [-0.2, 0) is 5.11 Å². The van der Waals surface area contributed by atoms with Crippen molar-refractivity contribution in [2.45, 2.75) is 6.42 Å². The highest BCUT2D eigenvalue weighted by atomic mass is 16.3. The summed E-state index contributed by atoms with van der Waals surface area (Å²) in [7, 11) is 1.78. The van der Waals surface area contributed by atoms with Crippen molar-refractivity contribution in [2.24, 2.45) is 0 Å². The highest BCUT2D eigenvalue weighted by Gasteiger charge is 1.79. The van der Waals surface area contributed by atoms with E-state index >= 15 is 0 Å². The van der Waals surface area contributed by atoms with E-state index in [2.05, 4.69) is 10.9 Å². The molecule has 0 bridgehead atoms. The van der Waals surface area contributed by atoms with Crippen molar-refractivity contribution in [3.63, 3.8) is 0 Å². The molecule has 0 heterocycles. The second kappa shape index (κ2) is 5.88. The number of hydrazine groups is 1. The Morgan fingerprint density at radius 2 is 2.29 bits per heavy atom. The highest BCUT2D eigenvalue weighted by molar-refractivity contribution is 4.34. The van der Waals surface area contributed by atoms with Crippen LogP contribution in [0.25, 0.3) is 0 Å². The Kier molecular flexibility index (Phi) is 5.78. The number of hydrogen-bond donors (Lipinski definition) is 2. The number of rotatable bonds is 4. The van der Waals surface area contributed by atoms with Crippen LogP contribution in [0.15, 0.2) is 0 Å². The Morgan fingerprint density at radius 3 is 2.71 bits per heavy atom. The second-order valence-corrected chi connectivity index (χ2v) is 1.23. The molecule has 0 aliphatic carbocycles. The molecule has 0 aliphatic heterocycles. The molecule has 0 aliphatic rings. The monoisotopic (exact) mass is 103 g/mol. The van der Waals surface area contributed by atoms with Gasteiger partial charge in [0, 0.05) is 6.54 Å². The summed E-state index contributed by atoms with van der Waals surface area (Å²) < 4.78 is 0. The van der Waals surface area contributed by atoms with Crippen molar-refractivity contribution >= 4 is 0 Å². The molecule has 0 saturated heterocycles. The molecule has 0 saturated carbocycles. The molecule has 0 fully saturated rings. The summed E-state index contributed by atoms with van der Waals surface area (Å²) in [5.74, 6) is 0. The van der Waals surface area contributed by atoms with Crippen LogP contribution in [0.4, 0.5) is 0 Å². The number of hydrogen-bond acceptors (Lipinski definition) is 2. The minimum atomic E-state index is 0.00861. The lowest BCUT2D eigenvalue weighted by atomic mass is 10.5. The van der Waals surface area contributed by atoms with Gasteiger partial charge in [0.1, 0.15) is 0 Å². The lowest BCUT2D eigenvalue weighted by Gasteiger charge is -1.96. The van der Waals surface area contributed by atoms with Crippen LogP contribution < -0.4 is 10.9 Å². The van der Waals surface area contributed by atoms with E-state index in [1.54, 1.807) is 7.05 Å². The van der Waals surface area contributed by atoms with E-state index < -0.39 is 0 Å². The van der Waals surface area contributed by atoms with Gasteiger partial charge in [-0.1, -0.05) is 0 Å². The summed E-state index contributed by atoms with van der Waals surface area (Å²) in [6, 6.07) is 0. The molecular weight excluding hydrogens is 92.1 g/mol. The number of nitrogens with one attached hydrogen (secondary N) is 2. The van der Waals surface area contributed by atoms with Crippen molar-refractivity contribution in [3.05, 3.63) is 0 Å². The van der Waals surface area contributed by atoms with Gasteiger partial charge >= 0.3 is 0 Å². The second-order valence-electron chi connectivity index (χ2n) is 1.23. The molecule has 0 unspecified atom stereocenters. The topological polar surface area (TPSA) is 44.0 Å². The van der Waals surface area contributed by atoms with Crippen molar-refractivity contribution < 1.29 is 5.11 Å². The summed E-state index contributed by atoms with van der Waals surface area (Å²) in [6.07, 6.45) is 0.695. The zero-order valence-electron chi connectivity index (χ0n) is 4.53. The zero-order valence-corrected chi connectivity index (χ0v) is 4.53. The van der Waals surface area contributed by atoms with Crippen LogP contribution in [0.5, 0.6) is 0 Å². The van der Waals surface area contributed by atoms with Gasteiger partial charge in [-0.15, -0.1) is 0 Å². The smallest absolute Gasteiger partial charge is 0.0835 e. The van der Waals surface area contributed by atoms with E-state index in [0.29, 0.717) is 6.42 Å². The first-order valence-electron chi connectivity index (χ1n) is 2.39. The quantitative estimate of drug-likeness (QED) is 0.373. The molecular formula is C4H11N2O. The highest BCUT2D eigenvalue weighted by Crippen LogP contribution is 1.67. The minimum Gasteiger partial charge on any atom is -0.261 e. The van der Waals surface area contributed by atoms with Crippen molar-refractivity contribution in [3.8, 4) is 0 Å². The maximum absolute atomic E-state index is 9.74. The summed E-state index contributed by atoms with van der Waals surface area (Å²) in [5.41, 5.74) is 5.51. The van der Waals surface area contributed by atoms with Gasteiger partial charge in [-0.05, 0) is 13.5 Å². The summed E-state index contributed by atoms with van der Waals surface area (Å²) in [4.78, 5) is 0. The Balaban J connectivity index is 2.45. The predicted molar refractivity (Wildman–Crippen MR) is 27.2 cm³/mol. The van der Waals surface area contributed by atoms with E-state index in [0.717, 1.165) is 6.54 Å². The SMILES string of the molecule is CNNCCC[O]. The van der Waals surface area contributed by atoms with Crippen molar-refractivity contribution in [1.82, 2.24) is 10.9 Å². The van der Waals surface area contributed by atoms with E-state index in [-0.39, 0.29) is 6.61 Å². The van der Waals surface area contributed by atoms with Gasteiger partial charge in [-0.3, -0.25) is 10.9 Å². The molecule has 2 N–H and O–H groups in total. The molecule has 0 aromatic carbocycles. The Morgan fingerprint density at radius 1 is 1.57 bits per heavy atom. The van der Waals surface area contributed by atoms with E-state index in [1.807, 2.05) is 0 Å². The molecule has 0 aromatic heterocycles. The third-order valence-electron chi connectivity index (χ3n) is 0.623. The van der Waals surface area contributed by atoms with E-state index in [4.69, 9.17) is 0 Å². The van der Waals surface area contributed by atoms with Gasteiger partial charge in [0.25, 0.3) is 0 Å². The fourth-order valence-corrected chi connectivity index (χ4v) is 0.286. The first kappa shape index (κ1) is 6.88. The Hall–Kier alpha value is -0.120. The minimum absolute atomic E-state index is 0.00861. The molecule has 3 heteroatoms. The van der Waals surface area contributed by atoms with Gasteiger partial charge in [-0.25, -0.2) is 5.11 Å². The van der Waals surface area contributed by atoms with Crippen LogP contribution in [0.2, 0.25) is 0 Å². The predicted octanol–water partition coefficient (Wildman–Crippen LogP) is -0.469. The molecule has 0 aromatic rings. The third-order valence-corrected chi connectivity index (χ3v) is 0.623. The summed E-state index contributed by atoms with van der Waals surface area (Å²) in [6.45, 7) is 0.772. The largest absolute Gasteiger partial charge is 0.261 e. The molecule has 0 atom stereocenters. The Bertz CT molecular complexity index is 28.9. The molecule has 43 valence electrons. The average Bonchev–Trinajstić information content (AvgIpc) is 1.69. The van der Waals surface area contributed by atoms with Gasteiger partial charge in [0.05, 0.1) is 6.61 Å². The summed E-state index contributed by atoms with van der Waals surface area (Å²) >= 11 is 0. The van der Waals surface area contributed by atoms with E-state index in [9.17, 15) is 5.11 Å². The fraction of sp³-hybridized carbons (Fsp3) is 1.00. The molecule has 0 spiro atoms. The maximum atomic E-state index is 9.74. The maximum Gasteiger partial charge on any atom is 0.0835 e. The van der Waals surface area contributed by atoms with E-state index in [1.165, 1.54) is 0 Å². The van der Waals surface area contributed by atoms with Gasteiger partial charge < -0.3 is 0 Å². The van der Waals surface area contributed by atoms with Crippen LogP contribution in [0.1, 0.15) is 6.42 Å². The first-order valence-corrected chi connectivity index (χ1v) is 2.39. The molecule has 0 amide bonds. The standard InChI is InChI=1S/C4H11N2O/c1-5-6-3-2-4-7/h5-6H,2-4H2,1H3. The van der Waals surface area contributed by atoms with Crippen molar-refractivity contribution in [1.29, 1.82) is 0 Å². The third kappa shape index (κ3) is 5.88. The Labute approximate surface area is 43.7 Å². The molecule has 7 heavy (non-hydrogen) atoms. The van der Waals surface area contributed by atoms with Gasteiger partial charge in [0.2, 0.25) is 0 Å². The van der Waals surface area contributed by atoms with Crippen LogP contribution in [-0.4, -0.2) is 20.2 Å².